The van der Waals surface area contributed by atoms with Gasteiger partial charge in [-0.1, -0.05) is 6.07 Å². The Bertz CT molecular complexity index is 457. The Kier molecular flexibility index (Phi) is 4.14. The number of phenolic OH excluding ortho intramolecular Hbond substituents is 1. The van der Waals surface area contributed by atoms with Crippen LogP contribution in [0.2, 0.25) is 0 Å². The Morgan fingerprint density at radius 2 is 2.28 bits per heavy atom. The topological polar surface area (TPSA) is 61.4 Å². The van der Waals surface area contributed by atoms with Gasteiger partial charge in [-0.25, -0.2) is 0 Å². The van der Waals surface area contributed by atoms with E-state index < -0.39 is 0 Å². The van der Waals surface area contributed by atoms with Gasteiger partial charge in [0.2, 0.25) is 5.91 Å². The van der Waals surface area contributed by atoms with Crippen LogP contribution in [0.15, 0.2) is 12.1 Å². The Labute approximate surface area is 111 Å². The van der Waals surface area contributed by atoms with E-state index in [2.05, 4.69) is 10.6 Å². The minimum atomic E-state index is -0.177. The Morgan fingerprint density at radius 1 is 1.50 bits per heavy atom. The third-order valence-corrected chi connectivity index (χ3v) is 4.00. The molecule has 0 saturated carbocycles. The van der Waals surface area contributed by atoms with Crippen LogP contribution in [-0.2, 0) is 4.79 Å². The van der Waals surface area contributed by atoms with Gasteiger partial charge >= 0.3 is 0 Å². The van der Waals surface area contributed by atoms with Crippen molar-refractivity contribution in [3.8, 4) is 5.75 Å². The number of benzene rings is 1. The quantitative estimate of drug-likeness (QED) is 0.712. The van der Waals surface area contributed by atoms with E-state index in [-0.39, 0.29) is 17.7 Å². The third-order valence-electron chi connectivity index (χ3n) is 2.94. The minimum absolute atomic E-state index is 0.0810. The van der Waals surface area contributed by atoms with Gasteiger partial charge in [0.25, 0.3) is 0 Å². The molecule has 18 heavy (non-hydrogen) atoms. The summed E-state index contributed by atoms with van der Waals surface area (Å²) >= 11 is 1.77. The van der Waals surface area contributed by atoms with Crippen molar-refractivity contribution >= 4 is 23.4 Å². The lowest BCUT2D eigenvalue weighted by Gasteiger charge is -2.22. The predicted molar refractivity (Wildman–Crippen MR) is 75.3 cm³/mol. The highest BCUT2D eigenvalue weighted by Gasteiger charge is 2.21. The molecular formula is C13H18N2O2S. The lowest BCUT2D eigenvalue weighted by molar-refractivity contribution is -0.117. The van der Waals surface area contributed by atoms with Crippen LogP contribution in [-0.4, -0.2) is 35.1 Å². The molecule has 1 saturated heterocycles. The first kappa shape index (κ1) is 13.2. The van der Waals surface area contributed by atoms with Crippen LogP contribution in [0.4, 0.5) is 5.69 Å². The van der Waals surface area contributed by atoms with Gasteiger partial charge in [0.05, 0.1) is 11.7 Å². The third kappa shape index (κ3) is 2.97. The molecule has 1 aliphatic rings. The summed E-state index contributed by atoms with van der Waals surface area (Å²) < 4.78 is 0. The number of nitrogens with one attached hydrogen (secondary N) is 2. The van der Waals surface area contributed by atoms with Crippen LogP contribution in [0.5, 0.6) is 5.75 Å². The van der Waals surface area contributed by atoms with E-state index in [9.17, 15) is 9.90 Å². The van der Waals surface area contributed by atoms with E-state index in [1.54, 1.807) is 17.8 Å². The molecule has 3 N–H and O–H groups in total. The maximum absolute atomic E-state index is 12.0. The van der Waals surface area contributed by atoms with E-state index in [0.717, 1.165) is 29.2 Å². The number of aromatic hydroxyl groups is 1. The monoisotopic (exact) mass is 266 g/mol. The number of thioether (sulfide) groups is 1. The van der Waals surface area contributed by atoms with Gasteiger partial charge in [0.1, 0.15) is 5.75 Å². The van der Waals surface area contributed by atoms with Crippen molar-refractivity contribution < 1.29 is 9.90 Å². The lowest BCUT2D eigenvalue weighted by Crippen LogP contribution is -2.46. The molecule has 98 valence electrons. The highest BCUT2D eigenvalue weighted by molar-refractivity contribution is 7.99. The number of amides is 1. The number of hydrogen-bond donors (Lipinski definition) is 3. The molecular weight excluding hydrogens is 248 g/mol. The maximum Gasteiger partial charge on any atom is 0.242 e. The number of carbonyl (C=O) groups excluding carboxylic acids is 1. The molecule has 0 radical (unpaired) electrons. The molecule has 1 aromatic carbocycles. The van der Waals surface area contributed by atoms with Gasteiger partial charge in [-0.15, -0.1) is 0 Å². The van der Waals surface area contributed by atoms with Crippen molar-refractivity contribution in [2.45, 2.75) is 19.9 Å². The molecule has 4 nitrogen and oxygen atoms in total. The number of phenols is 1. The largest absolute Gasteiger partial charge is 0.505 e. The highest BCUT2D eigenvalue weighted by atomic mass is 32.2. The SMILES string of the molecule is Cc1cc(C)c(O)c(NC(=O)C2CSCCN2)c1. The summed E-state index contributed by atoms with van der Waals surface area (Å²) in [5.74, 6) is 1.88. The van der Waals surface area contributed by atoms with E-state index in [4.69, 9.17) is 0 Å². The predicted octanol–water partition coefficient (Wildman–Crippen LogP) is 1.65. The smallest absolute Gasteiger partial charge is 0.242 e. The molecule has 1 unspecified atom stereocenters. The van der Waals surface area contributed by atoms with Gasteiger partial charge in [-0.2, -0.15) is 11.8 Å². The summed E-state index contributed by atoms with van der Waals surface area (Å²) in [5.41, 5.74) is 2.29. The van der Waals surface area contributed by atoms with Crippen LogP contribution in [0, 0.1) is 13.8 Å². The fraction of sp³-hybridized carbons (Fsp3) is 0.462. The number of aryl methyl sites for hydroxylation is 2. The molecule has 1 fully saturated rings. The zero-order chi connectivity index (χ0) is 13.1. The summed E-state index contributed by atoms with van der Waals surface area (Å²) in [7, 11) is 0. The van der Waals surface area contributed by atoms with Crippen molar-refractivity contribution in [1.29, 1.82) is 0 Å². The summed E-state index contributed by atoms with van der Waals surface area (Å²) in [5, 5.41) is 15.9. The van der Waals surface area contributed by atoms with E-state index in [1.807, 2.05) is 19.9 Å². The maximum atomic E-state index is 12.0. The number of anilines is 1. The van der Waals surface area contributed by atoms with Gasteiger partial charge in [-0.05, 0) is 31.0 Å². The first-order valence-corrected chi connectivity index (χ1v) is 7.15. The Balaban J connectivity index is 2.11. The second kappa shape index (κ2) is 5.63. The summed E-state index contributed by atoms with van der Waals surface area (Å²) in [6, 6.07) is 3.50. The fourth-order valence-electron chi connectivity index (χ4n) is 2.01. The molecule has 1 atom stereocenters. The molecule has 1 aromatic rings. The molecule has 0 aliphatic carbocycles. The molecule has 0 spiro atoms. The molecule has 1 heterocycles. The zero-order valence-corrected chi connectivity index (χ0v) is 11.4. The second-order valence-electron chi connectivity index (χ2n) is 4.55. The zero-order valence-electron chi connectivity index (χ0n) is 10.6. The van der Waals surface area contributed by atoms with Gasteiger partial charge in [-0.3, -0.25) is 4.79 Å². The van der Waals surface area contributed by atoms with E-state index >= 15 is 0 Å². The molecule has 5 heteroatoms. The summed E-state index contributed by atoms with van der Waals surface area (Å²) in [4.78, 5) is 12.0. The summed E-state index contributed by atoms with van der Waals surface area (Å²) in [6.45, 7) is 4.62. The molecule has 0 aromatic heterocycles. The number of hydrogen-bond acceptors (Lipinski definition) is 4. The molecule has 1 amide bonds. The highest BCUT2D eigenvalue weighted by Crippen LogP contribution is 2.28. The van der Waals surface area contributed by atoms with Gasteiger partial charge < -0.3 is 15.7 Å². The van der Waals surface area contributed by atoms with Crippen molar-refractivity contribution in [2.24, 2.45) is 0 Å². The van der Waals surface area contributed by atoms with Crippen molar-refractivity contribution in [2.75, 3.05) is 23.4 Å². The van der Waals surface area contributed by atoms with Crippen LogP contribution < -0.4 is 10.6 Å². The first-order valence-electron chi connectivity index (χ1n) is 6.00. The average Bonchev–Trinajstić information content (AvgIpc) is 2.36. The van der Waals surface area contributed by atoms with Crippen molar-refractivity contribution in [3.05, 3.63) is 23.3 Å². The van der Waals surface area contributed by atoms with Crippen molar-refractivity contribution in [1.82, 2.24) is 5.32 Å². The van der Waals surface area contributed by atoms with Gasteiger partial charge in [0, 0.05) is 18.1 Å². The Morgan fingerprint density at radius 3 is 2.94 bits per heavy atom. The molecule has 1 aliphatic heterocycles. The van der Waals surface area contributed by atoms with Gasteiger partial charge in [0.15, 0.2) is 0 Å². The number of carbonyl (C=O) groups is 1. The normalized spacial score (nSPS) is 19.6. The van der Waals surface area contributed by atoms with E-state index in [1.165, 1.54) is 0 Å². The first-order chi connectivity index (χ1) is 8.58. The average molecular weight is 266 g/mol. The lowest BCUT2D eigenvalue weighted by atomic mass is 10.1. The summed E-state index contributed by atoms with van der Waals surface area (Å²) in [6.07, 6.45) is 0. The van der Waals surface area contributed by atoms with Crippen LogP contribution in [0.1, 0.15) is 11.1 Å². The Hall–Kier alpha value is -1.20. The van der Waals surface area contributed by atoms with Crippen LogP contribution in [0.25, 0.3) is 0 Å². The molecule has 2 rings (SSSR count). The second-order valence-corrected chi connectivity index (χ2v) is 5.70. The van der Waals surface area contributed by atoms with E-state index in [0.29, 0.717) is 5.69 Å². The molecule has 0 bridgehead atoms. The standard InChI is InChI=1S/C13H18N2O2S/c1-8-5-9(2)12(16)10(6-8)15-13(17)11-7-18-4-3-14-11/h5-6,11,14,16H,3-4,7H2,1-2H3,(H,15,17). The minimum Gasteiger partial charge on any atom is -0.505 e. The fourth-order valence-corrected chi connectivity index (χ4v) is 2.94. The number of rotatable bonds is 2. The van der Waals surface area contributed by atoms with Crippen LogP contribution in [0.3, 0.4) is 0 Å². The van der Waals surface area contributed by atoms with Crippen molar-refractivity contribution in [3.63, 3.8) is 0 Å². The van der Waals surface area contributed by atoms with Crippen LogP contribution >= 0.6 is 11.8 Å².